The molecule has 1 unspecified atom stereocenters. The Kier molecular flexibility index (Phi) is 5.11. The number of nitrogens with zero attached hydrogens (tertiary/aromatic N) is 2. The summed E-state index contributed by atoms with van der Waals surface area (Å²) in [6.45, 7) is 3.52. The van der Waals surface area contributed by atoms with Gasteiger partial charge in [0, 0.05) is 44.7 Å². The molecule has 1 aliphatic heterocycles. The molecule has 1 fully saturated rings. The van der Waals surface area contributed by atoms with E-state index in [1.165, 1.54) is 5.56 Å². The molecular formula is C14H23N3O. The fraction of sp³-hybridized carbons (Fsp3) is 0.643. The Labute approximate surface area is 109 Å². The molecule has 0 amide bonds. The van der Waals surface area contributed by atoms with Crippen molar-refractivity contribution in [3.63, 3.8) is 0 Å². The van der Waals surface area contributed by atoms with Crippen LogP contribution in [0, 0.1) is 5.92 Å². The van der Waals surface area contributed by atoms with Gasteiger partial charge in [0.15, 0.2) is 0 Å². The summed E-state index contributed by atoms with van der Waals surface area (Å²) < 4.78 is 5.40. The molecule has 4 heteroatoms. The number of ether oxygens (including phenoxy) is 1. The summed E-state index contributed by atoms with van der Waals surface area (Å²) in [5, 5.41) is 0. The van der Waals surface area contributed by atoms with Crippen molar-refractivity contribution < 1.29 is 4.74 Å². The molecule has 100 valence electrons. The zero-order valence-electron chi connectivity index (χ0n) is 11.1. The third-order valence-electron chi connectivity index (χ3n) is 3.71. The summed E-state index contributed by atoms with van der Waals surface area (Å²) in [6.07, 6.45) is 6.04. The van der Waals surface area contributed by atoms with Crippen LogP contribution < -0.4 is 5.73 Å². The van der Waals surface area contributed by atoms with Crippen LogP contribution in [0.25, 0.3) is 0 Å². The highest BCUT2D eigenvalue weighted by Crippen LogP contribution is 2.22. The lowest BCUT2D eigenvalue weighted by atomic mass is 9.98. The van der Waals surface area contributed by atoms with Gasteiger partial charge in [-0.2, -0.15) is 0 Å². The monoisotopic (exact) mass is 249 g/mol. The van der Waals surface area contributed by atoms with Crippen molar-refractivity contribution in [3.05, 3.63) is 30.1 Å². The summed E-state index contributed by atoms with van der Waals surface area (Å²) in [5.41, 5.74) is 7.12. The van der Waals surface area contributed by atoms with E-state index in [1.807, 2.05) is 12.3 Å². The van der Waals surface area contributed by atoms with Crippen LogP contribution in [0.1, 0.15) is 24.4 Å². The van der Waals surface area contributed by atoms with Gasteiger partial charge in [0.05, 0.1) is 0 Å². The maximum absolute atomic E-state index is 5.92. The van der Waals surface area contributed by atoms with E-state index in [0.717, 1.165) is 38.5 Å². The topological polar surface area (TPSA) is 51.4 Å². The third-order valence-corrected chi connectivity index (χ3v) is 3.71. The van der Waals surface area contributed by atoms with Gasteiger partial charge in [0.2, 0.25) is 0 Å². The summed E-state index contributed by atoms with van der Waals surface area (Å²) in [7, 11) is 2.15. The van der Waals surface area contributed by atoms with Gasteiger partial charge in [-0.1, -0.05) is 6.07 Å². The van der Waals surface area contributed by atoms with Crippen molar-refractivity contribution >= 4 is 0 Å². The molecular weight excluding hydrogens is 226 g/mol. The molecule has 1 saturated heterocycles. The lowest BCUT2D eigenvalue weighted by Crippen LogP contribution is -2.36. The second kappa shape index (κ2) is 6.83. The van der Waals surface area contributed by atoms with Crippen LogP contribution in [0.5, 0.6) is 0 Å². The van der Waals surface area contributed by atoms with E-state index in [4.69, 9.17) is 10.5 Å². The zero-order valence-corrected chi connectivity index (χ0v) is 11.1. The Bertz CT molecular complexity index is 338. The fourth-order valence-electron chi connectivity index (χ4n) is 2.61. The molecule has 2 heterocycles. The summed E-state index contributed by atoms with van der Waals surface area (Å²) >= 11 is 0. The number of aromatic nitrogens is 1. The van der Waals surface area contributed by atoms with E-state index in [9.17, 15) is 0 Å². The number of nitrogens with two attached hydrogens (primary N) is 1. The van der Waals surface area contributed by atoms with Gasteiger partial charge in [-0.15, -0.1) is 0 Å². The Morgan fingerprint density at radius 3 is 2.89 bits per heavy atom. The number of hydrogen-bond donors (Lipinski definition) is 1. The maximum Gasteiger partial charge on any atom is 0.0482 e. The lowest BCUT2D eigenvalue weighted by molar-refractivity contribution is 0.0507. The average Bonchev–Trinajstić information content (AvgIpc) is 2.42. The number of pyridine rings is 1. The largest absolute Gasteiger partial charge is 0.381 e. The van der Waals surface area contributed by atoms with Crippen LogP contribution in [0.3, 0.4) is 0 Å². The first-order valence-corrected chi connectivity index (χ1v) is 6.69. The Balaban J connectivity index is 1.94. The second-order valence-electron chi connectivity index (χ2n) is 5.03. The van der Waals surface area contributed by atoms with Crippen molar-refractivity contribution in [3.8, 4) is 0 Å². The van der Waals surface area contributed by atoms with E-state index in [-0.39, 0.29) is 6.04 Å². The van der Waals surface area contributed by atoms with Crippen molar-refractivity contribution in [2.75, 3.05) is 33.4 Å². The number of rotatable bonds is 5. The van der Waals surface area contributed by atoms with Crippen LogP contribution in [0.2, 0.25) is 0 Å². The maximum atomic E-state index is 5.92. The van der Waals surface area contributed by atoms with Crippen molar-refractivity contribution in [1.29, 1.82) is 0 Å². The van der Waals surface area contributed by atoms with Gasteiger partial charge in [-0.25, -0.2) is 0 Å². The summed E-state index contributed by atoms with van der Waals surface area (Å²) in [5.74, 6) is 0.731. The SMILES string of the molecule is CN(CC1CCOCC1)C(CN)c1cccnc1. The number of likely N-dealkylation sites (N-methyl/N-ethyl adjacent to an activating group) is 1. The second-order valence-corrected chi connectivity index (χ2v) is 5.03. The molecule has 0 aromatic carbocycles. The molecule has 1 aliphatic rings. The van der Waals surface area contributed by atoms with Crippen molar-refractivity contribution in [1.82, 2.24) is 9.88 Å². The molecule has 1 aromatic heterocycles. The van der Waals surface area contributed by atoms with Gasteiger partial charge in [-0.05, 0) is 37.4 Å². The van der Waals surface area contributed by atoms with Gasteiger partial charge in [0.25, 0.3) is 0 Å². The molecule has 18 heavy (non-hydrogen) atoms. The fourth-order valence-corrected chi connectivity index (χ4v) is 2.61. The van der Waals surface area contributed by atoms with E-state index in [1.54, 1.807) is 6.20 Å². The summed E-state index contributed by atoms with van der Waals surface area (Å²) in [6, 6.07) is 4.34. The summed E-state index contributed by atoms with van der Waals surface area (Å²) in [4.78, 5) is 6.53. The van der Waals surface area contributed by atoms with Crippen LogP contribution in [-0.2, 0) is 4.74 Å². The molecule has 0 radical (unpaired) electrons. The quantitative estimate of drug-likeness (QED) is 0.858. The van der Waals surface area contributed by atoms with Gasteiger partial charge < -0.3 is 10.5 Å². The highest BCUT2D eigenvalue weighted by atomic mass is 16.5. The molecule has 4 nitrogen and oxygen atoms in total. The average molecular weight is 249 g/mol. The van der Waals surface area contributed by atoms with Gasteiger partial charge >= 0.3 is 0 Å². The van der Waals surface area contributed by atoms with E-state index in [2.05, 4.69) is 23.0 Å². The molecule has 2 N–H and O–H groups in total. The Morgan fingerprint density at radius 2 is 2.28 bits per heavy atom. The normalized spacial score (nSPS) is 19.1. The first-order chi connectivity index (χ1) is 8.81. The van der Waals surface area contributed by atoms with Crippen LogP contribution >= 0.6 is 0 Å². The van der Waals surface area contributed by atoms with Crippen molar-refractivity contribution in [2.45, 2.75) is 18.9 Å². The third kappa shape index (κ3) is 3.51. The van der Waals surface area contributed by atoms with Crippen LogP contribution in [0.4, 0.5) is 0 Å². The Hall–Kier alpha value is -0.970. The molecule has 0 aliphatic carbocycles. The molecule has 0 bridgehead atoms. The van der Waals surface area contributed by atoms with Crippen LogP contribution in [-0.4, -0.2) is 43.2 Å². The molecule has 1 aromatic rings. The van der Waals surface area contributed by atoms with Crippen LogP contribution in [0.15, 0.2) is 24.5 Å². The van der Waals surface area contributed by atoms with E-state index >= 15 is 0 Å². The Morgan fingerprint density at radius 1 is 1.50 bits per heavy atom. The molecule has 1 atom stereocenters. The smallest absolute Gasteiger partial charge is 0.0482 e. The molecule has 0 saturated carbocycles. The highest BCUT2D eigenvalue weighted by molar-refractivity contribution is 5.14. The minimum atomic E-state index is 0.265. The molecule has 2 rings (SSSR count). The van der Waals surface area contributed by atoms with Gasteiger partial charge in [-0.3, -0.25) is 9.88 Å². The molecule has 0 spiro atoms. The minimum Gasteiger partial charge on any atom is -0.381 e. The number of hydrogen-bond acceptors (Lipinski definition) is 4. The predicted octanol–water partition coefficient (Wildman–Crippen LogP) is 1.44. The van der Waals surface area contributed by atoms with E-state index < -0.39 is 0 Å². The standard InChI is InChI=1S/C14H23N3O/c1-17(11-12-4-7-18-8-5-12)14(9-15)13-3-2-6-16-10-13/h2-3,6,10,12,14H,4-5,7-9,11,15H2,1H3. The zero-order chi connectivity index (χ0) is 12.8. The first kappa shape index (κ1) is 13.5. The van der Waals surface area contributed by atoms with E-state index in [0.29, 0.717) is 6.54 Å². The first-order valence-electron chi connectivity index (χ1n) is 6.69. The minimum absolute atomic E-state index is 0.265. The highest BCUT2D eigenvalue weighted by Gasteiger charge is 2.21. The predicted molar refractivity (Wildman–Crippen MR) is 72.2 cm³/mol. The lowest BCUT2D eigenvalue weighted by Gasteiger charge is -2.32. The van der Waals surface area contributed by atoms with Crippen molar-refractivity contribution in [2.24, 2.45) is 11.7 Å². The van der Waals surface area contributed by atoms with Gasteiger partial charge in [0.1, 0.15) is 0 Å².